The lowest BCUT2D eigenvalue weighted by Crippen LogP contribution is -2.43. The number of carbonyl (C=O) groups excluding carboxylic acids is 3. The maximum atomic E-state index is 12.9. The Morgan fingerprint density at radius 2 is 1.75 bits per heavy atom. The number of nitrogens with zero attached hydrogens (tertiary/aromatic N) is 4. The molecule has 1 saturated heterocycles. The second kappa shape index (κ2) is 7.01. The number of anilines is 2. The molecule has 1 N–H and O–H groups in total. The van der Waals surface area contributed by atoms with Crippen molar-refractivity contribution in [1.82, 2.24) is 5.01 Å². The van der Waals surface area contributed by atoms with Gasteiger partial charge in [-0.25, -0.2) is 9.29 Å². The van der Waals surface area contributed by atoms with E-state index in [4.69, 9.17) is 11.6 Å². The van der Waals surface area contributed by atoms with E-state index in [9.17, 15) is 18.8 Å². The van der Waals surface area contributed by atoms with Crippen LogP contribution in [-0.2, 0) is 14.4 Å². The number of imide groups is 1. The molecule has 0 unspecified atom stereocenters. The molecule has 2 aliphatic heterocycles. The zero-order chi connectivity index (χ0) is 19.8. The molecule has 4 rings (SSSR count). The maximum absolute atomic E-state index is 12.9. The van der Waals surface area contributed by atoms with E-state index in [1.54, 1.807) is 24.3 Å². The van der Waals surface area contributed by atoms with Crippen molar-refractivity contribution in [3.63, 3.8) is 0 Å². The molecular formula is C18H13ClFN5O3. The van der Waals surface area contributed by atoms with Gasteiger partial charge < -0.3 is 5.32 Å². The van der Waals surface area contributed by atoms with E-state index in [0.29, 0.717) is 16.4 Å². The van der Waals surface area contributed by atoms with E-state index in [-0.39, 0.29) is 6.54 Å². The molecule has 3 amide bonds. The summed E-state index contributed by atoms with van der Waals surface area (Å²) in [4.78, 5) is 38.7. The van der Waals surface area contributed by atoms with Crippen molar-refractivity contribution in [2.45, 2.75) is 12.1 Å². The van der Waals surface area contributed by atoms with Crippen LogP contribution in [0.1, 0.15) is 0 Å². The Hall–Kier alpha value is -3.33. The number of carbonyl (C=O) groups is 3. The Morgan fingerprint density at radius 1 is 1.07 bits per heavy atom. The molecule has 2 aromatic carbocycles. The van der Waals surface area contributed by atoms with Crippen LogP contribution in [0.25, 0.3) is 0 Å². The van der Waals surface area contributed by atoms with Gasteiger partial charge >= 0.3 is 0 Å². The van der Waals surface area contributed by atoms with Gasteiger partial charge in [-0.1, -0.05) is 16.8 Å². The standard InChI is InChI=1S/C18H13ClFN5O3/c19-10-1-7-13(8-2-10)25-17(27)15-16(18(25)28)24(23-22-15)9-14(26)21-12-5-3-11(20)4-6-12/h1-8,15-16H,9H2,(H,21,26)/t15-,16+/m1/s1. The van der Waals surface area contributed by atoms with E-state index in [2.05, 4.69) is 15.7 Å². The Bertz CT molecular complexity index is 980. The van der Waals surface area contributed by atoms with Crippen molar-refractivity contribution in [2.24, 2.45) is 10.3 Å². The van der Waals surface area contributed by atoms with Crippen molar-refractivity contribution in [3.8, 4) is 0 Å². The summed E-state index contributed by atoms with van der Waals surface area (Å²) in [5, 5.41) is 11.9. The molecule has 2 aliphatic rings. The van der Waals surface area contributed by atoms with Gasteiger partial charge in [-0.3, -0.25) is 19.4 Å². The molecule has 2 heterocycles. The van der Waals surface area contributed by atoms with Crippen LogP contribution < -0.4 is 10.2 Å². The number of fused-ring (bicyclic) bond motifs is 1. The number of benzene rings is 2. The Morgan fingerprint density at radius 3 is 2.43 bits per heavy atom. The van der Waals surface area contributed by atoms with E-state index in [1.807, 2.05) is 0 Å². The topological polar surface area (TPSA) is 94.4 Å². The first-order chi connectivity index (χ1) is 13.4. The number of hydrogen-bond donors (Lipinski definition) is 1. The van der Waals surface area contributed by atoms with Crippen LogP contribution in [0, 0.1) is 5.82 Å². The summed E-state index contributed by atoms with van der Waals surface area (Å²) in [6, 6.07) is 9.52. The first kappa shape index (κ1) is 18.1. The molecule has 10 heteroatoms. The summed E-state index contributed by atoms with van der Waals surface area (Å²) < 4.78 is 12.9. The first-order valence-electron chi connectivity index (χ1n) is 8.30. The van der Waals surface area contributed by atoms with Gasteiger partial charge in [-0.15, -0.1) is 0 Å². The highest BCUT2D eigenvalue weighted by molar-refractivity contribution is 6.31. The minimum Gasteiger partial charge on any atom is -0.324 e. The van der Waals surface area contributed by atoms with Gasteiger partial charge in [-0.05, 0) is 48.5 Å². The average molecular weight is 402 g/mol. The maximum Gasteiger partial charge on any atom is 0.263 e. The van der Waals surface area contributed by atoms with Crippen molar-refractivity contribution < 1.29 is 18.8 Å². The van der Waals surface area contributed by atoms with Crippen LogP contribution in [0.3, 0.4) is 0 Å². The van der Waals surface area contributed by atoms with Crippen molar-refractivity contribution >= 4 is 40.7 Å². The fourth-order valence-corrected chi connectivity index (χ4v) is 3.21. The predicted octanol–water partition coefficient (Wildman–Crippen LogP) is 2.41. The van der Waals surface area contributed by atoms with E-state index >= 15 is 0 Å². The number of amides is 3. The van der Waals surface area contributed by atoms with Gasteiger partial charge in [0.25, 0.3) is 11.8 Å². The minimum atomic E-state index is -0.998. The summed E-state index contributed by atoms with van der Waals surface area (Å²) in [7, 11) is 0. The average Bonchev–Trinajstić information content (AvgIpc) is 3.18. The quantitative estimate of drug-likeness (QED) is 0.796. The Kier molecular flexibility index (Phi) is 4.52. The van der Waals surface area contributed by atoms with Gasteiger partial charge in [0.05, 0.1) is 5.69 Å². The SMILES string of the molecule is O=C(CN1N=N[C@H]2C(=O)N(c3ccc(Cl)cc3)C(=O)[C@H]21)Nc1ccc(F)cc1. The van der Waals surface area contributed by atoms with Crippen LogP contribution in [0.5, 0.6) is 0 Å². The summed E-state index contributed by atoms with van der Waals surface area (Å²) >= 11 is 5.85. The third-order valence-corrected chi connectivity index (χ3v) is 4.63. The number of nitrogens with one attached hydrogen (secondary N) is 1. The molecule has 0 saturated carbocycles. The predicted molar refractivity (Wildman–Crippen MR) is 98.1 cm³/mol. The normalized spacial score (nSPS) is 20.6. The zero-order valence-corrected chi connectivity index (χ0v) is 15.0. The third-order valence-electron chi connectivity index (χ3n) is 4.38. The van der Waals surface area contributed by atoms with Gasteiger partial charge in [0.2, 0.25) is 5.91 Å². The highest BCUT2D eigenvalue weighted by atomic mass is 35.5. The summed E-state index contributed by atoms with van der Waals surface area (Å²) in [6.45, 7) is -0.282. The molecule has 2 atom stereocenters. The van der Waals surface area contributed by atoms with E-state index in [1.165, 1.54) is 29.3 Å². The number of rotatable bonds is 4. The van der Waals surface area contributed by atoms with Gasteiger partial charge in [0, 0.05) is 10.7 Å². The lowest BCUT2D eigenvalue weighted by Gasteiger charge is -2.20. The molecule has 2 aromatic rings. The van der Waals surface area contributed by atoms with Crippen LogP contribution in [0.4, 0.5) is 15.8 Å². The largest absolute Gasteiger partial charge is 0.324 e. The van der Waals surface area contributed by atoms with Crippen molar-refractivity contribution in [2.75, 3.05) is 16.8 Å². The molecule has 0 aliphatic carbocycles. The molecule has 8 nitrogen and oxygen atoms in total. The van der Waals surface area contributed by atoms with Crippen LogP contribution >= 0.6 is 11.6 Å². The number of hydrogen-bond acceptors (Lipinski definition) is 6. The van der Waals surface area contributed by atoms with Gasteiger partial charge in [0.15, 0.2) is 12.1 Å². The molecule has 1 fully saturated rings. The molecule has 0 aromatic heterocycles. The molecule has 28 heavy (non-hydrogen) atoms. The van der Waals surface area contributed by atoms with Gasteiger partial charge in [-0.2, -0.15) is 5.11 Å². The zero-order valence-electron chi connectivity index (χ0n) is 14.3. The fourth-order valence-electron chi connectivity index (χ4n) is 3.08. The van der Waals surface area contributed by atoms with Crippen molar-refractivity contribution in [1.29, 1.82) is 0 Å². The molecule has 0 radical (unpaired) electrons. The highest BCUT2D eigenvalue weighted by Crippen LogP contribution is 2.32. The highest BCUT2D eigenvalue weighted by Gasteiger charge is 2.55. The van der Waals surface area contributed by atoms with Gasteiger partial charge in [0.1, 0.15) is 12.4 Å². The second-order valence-electron chi connectivity index (χ2n) is 6.24. The fraction of sp³-hybridized carbons (Fsp3) is 0.167. The Labute approximate surface area is 163 Å². The molecular weight excluding hydrogens is 389 g/mol. The van der Waals surface area contributed by atoms with Crippen LogP contribution in [0.2, 0.25) is 5.02 Å². The Balaban J connectivity index is 1.48. The second-order valence-corrected chi connectivity index (χ2v) is 6.67. The van der Waals surface area contributed by atoms with Crippen LogP contribution in [0.15, 0.2) is 58.9 Å². The van der Waals surface area contributed by atoms with E-state index in [0.717, 1.165) is 4.90 Å². The van der Waals surface area contributed by atoms with Crippen LogP contribution in [-0.4, -0.2) is 41.4 Å². The summed E-state index contributed by atoms with van der Waals surface area (Å²) in [5.41, 5.74) is 0.774. The summed E-state index contributed by atoms with van der Waals surface area (Å²) in [6.07, 6.45) is 0. The monoisotopic (exact) mass is 401 g/mol. The van der Waals surface area contributed by atoms with E-state index < -0.39 is 35.6 Å². The lowest BCUT2D eigenvalue weighted by atomic mass is 10.1. The molecule has 0 spiro atoms. The smallest absolute Gasteiger partial charge is 0.263 e. The molecule has 0 bridgehead atoms. The lowest BCUT2D eigenvalue weighted by molar-refractivity contribution is -0.123. The number of halogens is 2. The first-order valence-corrected chi connectivity index (χ1v) is 8.68. The minimum absolute atomic E-state index is 0.282. The summed E-state index contributed by atoms with van der Waals surface area (Å²) in [5.74, 6) is -1.93. The third kappa shape index (κ3) is 3.20. The van der Waals surface area contributed by atoms with Crippen molar-refractivity contribution in [3.05, 3.63) is 59.4 Å². The molecule has 142 valence electrons.